The van der Waals surface area contributed by atoms with Crippen molar-refractivity contribution < 1.29 is 68.1 Å². The Morgan fingerprint density at radius 2 is 1.38 bits per heavy atom. The molecule has 0 aliphatic carbocycles. The van der Waals surface area contributed by atoms with Crippen molar-refractivity contribution >= 4 is 5.97 Å². The number of hydrogen-bond donors (Lipinski definition) is 3. The maximum absolute atomic E-state index is 9.69. The average molecular weight is 376 g/mol. The monoisotopic (exact) mass is 375 g/mol. The molecule has 6 heteroatoms. The Hall–Kier alpha value is 1.16. The van der Waals surface area contributed by atoms with Gasteiger partial charge in [0, 0.05) is 18.1 Å². The summed E-state index contributed by atoms with van der Waals surface area (Å²) in [6.07, 6.45) is 6.64. The van der Waals surface area contributed by atoms with E-state index in [4.69, 9.17) is 17.2 Å². The third-order valence-electron chi connectivity index (χ3n) is 2.65. The number of carbonyl (C=O) groups excluding carboxylic acids is 1. The molecule has 124 valence electrons. The van der Waals surface area contributed by atoms with Crippen molar-refractivity contribution in [1.29, 1.82) is 0 Å². The maximum Gasteiger partial charge on any atom is 1.00 e. The van der Waals surface area contributed by atoms with E-state index in [0.717, 1.165) is 6.42 Å². The van der Waals surface area contributed by atoms with Crippen LogP contribution in [0.15, 0.2) is 0 Å². The van der Waals surface area contributed by atoms with Gasteiger partial charge in [0.1, 0.15) is 0 Å². The molecule has 0 saturated carbocycles. The van der Waals surface area contributed by atoms with Crippen LogP contribution in [0.5, 0.6) is 0 Å². The van der Waals surface area contributed by atoms with Gasteiger partial charge in [0.2, 0.25) is 0 Å². The molecular formula is C15H36N3O2Rb. The molecule has 21 heavy (non-hydrogen) atoms. The number of unbranched alkanes of at least 4 members (excludes halogenated alkanes) is 2. The van der Waals surface area contributed by atoms with E-state index in [-0.39, 0.29) is 58.2 Å². The van der Waals surface area contributed by atoms with Gasteiger partial charge in [-0.05, 0) is 33.1 Å². The number of rotatable bonds is 7. The van der Waals surface area contributed by atoms with Crippen LogP contribution in [0, 0.1) is 0 Å². The van der Waals surface area contributed by atoms with E-state index in [9.17, 15) is 9.90 Å². The number of hydrogen-bond acceptors (Lipinski definition) is 5. The first-order chi connectivity index (χ1) is 9.22. The van der Waals surface area contributed by atoms with Gasteiger partial charge in [-0.15, -0.1) is 0 Å². The molecule has 0 radical (unpaired) electrons. The predicted octanol–water partition coefficient (Wildman–Crippen LogP) is -1.86. The summed E-state index contributed by atoms with van der Waals surface area (Å²) in [4.78, 5) is 9.69. The Balaban J connectivity index is -0.000000103. The Labute approximate surface area is 180 Å². The van der Waals surface area contributed by atoms with Crippen molar-refractivity contribution in [3.63, 3.8) is 0 Å². The summed E-state index contributed by atoms with van der Waals surface area (Å²) in [5, 5.41) is 9.69. The largest absolute Gasteiger partial charge is 1.00 e. The molecule has 0 spiro atoms. The second-order valence-corrected chi connectivity index (χ2v) is 5.19. The van der Waals surface area contributed by atoms with Crippen molar-refractivity contribution in [3.8, 4) is 0 Å². The third kappa shape index (κ3) is 38.7. The van der Waals surface area contributed by atoms with Gasteiger partial charge in [0.05, 0.1) is 5.97 Å². The van der Waals surface area contributed by atoms with Crippen LogP contribution in [-0.4, -0.2) is 24.1 Å². The number of carboxylic acid groups (broad SMARTS) is 1. The van der Waals surface area contributed by atoms with Crippen molar-refractivity contribution in [2.45, 2.75) is 91.3 Å². The normalized spacial score (nSPS) is 13.3. The second-order valence-electron chi connectivity index (χ2n) is 5.19. The van der Waals surface area contributed by atoms with Gasteiger partial charge < -0.3 is 27.1 Å². The van der Waals surface area contributed by atoms with E-state index in [2.05, 4.69) is 20.8 Å². The standard InChI is InChI=1S/C7H17N.C4H9NO2.C4H11N.Rb/c1-3-4-5-6-7(2)8;1-2-3(5)4(6)7;1-3-4(2)5;/h7H,3-6,8H2,1-2H3;3H,2,5H2,1H3,(H,6,7);4H,3,5H2,1-2H3;/q;;;+1/p-1/t;3-;4-;/m.00./s1. The van der Waals surface area contributed by atoms with Gasteiger partial charge in [0.15, 0.2) is 0 Å². The van der Waals surface area contributed by atoms with Crippen LogP contribution in [0.2, 0.25) is 0 Å². The molecule has 0 rings (SSSR count). The number of nitrogens with two attached hydrogens (primary N) is 3. The fraction of sp³-hybridized carbons (Fsp3) is 0.933. The van der Waals surface area contributed by atoms with E-state index < -0.39 is 12.0 Å². The molecule has 0 bridgehead atoms. The first-order valence-corrected chi connectivity index (χ1v) is 7.70. The smallest absolute Gasteiger partial charge is 0.548 e. The molecular weight excluding hydrogens is 340 g/mol. The van der Waals surface area contributed by atoms with Crippen LogP contribution >= 0.6 is 0 Å². The minimum Gasteiger partial charge on any atom is -0.548 e. The van der Waals surface area contributed by atoms with Gasteiger partial charge in [-0.2, -0.15) is 0 Å². The quantitative estimate of drug-likeness (QED) is 0.451. The summed E-state index contributed by atoms with van der Waals surface area (Å²) in [6, 6.07) is -0.00319. The van der Waals surface area contributed by atoms with Crippen LogP contribution in [0.25, 0.3) is 0 Å². The van der Waals surface area contributed by atoms with Crippen LogP contribution in [0.3, 0.4) is 0 Å². The summed E-state index contributed by atoms with van der Waals surface area (Å²) in [7, 11) is 0. The molecule has 0 heterocycles. The molecule has 0 aromatic rings. The van der Waals surface area contributed by atoms with Crippen LogP contribution in [0.1, 0.15) is 73.1 Å². The van der Waals surface area contributed by atoms with E-state index in [1.165, 1.54) is 25.7 Å². The molecule has 0 amide bonds. The zero-order valence-corrected chi connectivity index (χ0v) is 19.9. The van der Waals surface area contributed by atoms with Gasteiger partial charge in [0.25, 0.3) is 0 Å². The van der Waals surface area contributed by atoms with E-state index in [0.29, 0.717) is 18.5 Å². The summed E-state index contributed by atoms with van der Waals surface area (Å²) in [6.45, 7) is 10.0. The maximum atomic E-state index is 9.69. The van der Waals surface area contributed by atoms with Gasteiger partial charge in [-0.25, -0.2) is 0 Å². The fourth-order valence-electron chi connectivity index (χ4n) is 0.883. The first kappa shape index (κ1) is 30.1. The molecule has 0 saturated heterocycles. The summed E-state index contributed by atoms with van der Waals surface area (Å²) in [5.41, 5.74) is 15.8. The Kier molecular flexibility index (Phi) is 33.6. The van der Waals surface area contributed by atoms with E-state index in [1.54, 1.807) is 6.92 Å². The summed E-state index contributed by atoms with van der Waals surface area (Å²) >= 11 is 0. The predicted molar refractivity (Wildman–Crippen MR) is 85.0 cm³/mol. The van der Waals surface area contributed by atoms with Gasteiger partial charge >= 0.3 is 58.2 Å². The molecule has 3 atom stereocenters. The molecule has 0 aliphatic heterocycles. The topological polar surface area (TPSA) is 118 Å². The molecule has 6 N–H and O–H groups in total. The fourth-order valence-corrected chi connectivity index (χ4v) is 0.883. The van der Waals surface area contributed by atoms with E-state index >= 15 is 0 Å². The molecule has 0 aromatic carbocycles. The zero-order chi connectivity index (χ0) is 16.6. The SMILES string of the molecule is CCCCCC(C)N.CC[C@H](C)N.CC[C@H](N)C(=O)[O-].[Rb+]. The Bertz CT molecular complexity index is 203. The van der Waals surface area contributed by atoms with Crippen LogP contribution < -0.4 is 80.5 Å². The molecule has 0 aliphatic rings. The zero-order valence-electron chi connectivity index (χ0n) is 15.0. The van der Waals surface area contributed by atoms with E-state index in [1.807, 2.05) is 6.92 Å². The van der Waals surface area contributed by atoms with Gasteiger partial charge in [-0.1, -0.05) is 40.0 Å². The van der Waals surface area contributed by atoms with Crippen LogP contribution in [-0.2, 0) is 4.79 Å². The molecule has 5 nitrogen and oxygen atoms in total. The minimum atomic E-state index is -1.18. The second kappa shape index (κ2) is 23.4. The first-order valence-electron chi connectivity index (χ1n) is 7.70. The Morgan fingerprint density at radius 3 is 1.52 bits per heavy atom. The Morgan fingerprint density at radius 1 is 0.952 bits per heavy atom. The molecule has 0 fully saturated rings. The van der Waals surface area contributed by atoms with Crippen molar-refractivity contribution in [3.05, 3.63) is 0 Å². The summed E-state index contributed by atoms with van der Waals surface area (Å²) in [5.74, 6) is -1.18. The summed E-state index contributed by atoms with van der Waals surface area (Å²) < 4.78 is 0. The molecule has 1 unspecified atom stereocenters. The number of carboxylic acids is 1. The van der Waals surface area contributed by atoms with Crippen molar-refractivity contribution in [2.24, 2.45) is 17.2 Å². The minimum absolute atomic E-state index is 0. The average Bonchev–Trinajstić information content (AvgIpc) is 2.39. The van der Waals surface area contributed by atoms with Crippen molar-refractivity contribution in [2.75, 3.05) is 0 Å². The third-order valence-corrected chi connectivity index (χ3v) is 2.65. The number of carbonyl (C=O) groups is 1. The van der Waals surface area contributed by atoms with Crippen LogP contribution in [0.4, 0.5) is 0 Å². The van der Waals surface area contributed by atoms with Crippen molar-refractivity contribution in [1.82, 2.24) is 0 Å². The molecule has 0 aromatic heterocycles. The van der Waals surface area contributed by atoms with Gasteiger partial charge in [-0.3, -0.25) is 0 Å². The number of aliphatic carboxylic acids is 1.